The normalized spacial score (nSPS) is 23.2. The van der Waals surface area contributed by atoms with Crippen LogP contribution in [0.2, 0.25) is 0 Å². The molecule has 2 amide bonds. The Morgan fingerprint density at radius 2 is 2.06 bits per heavy atom. The smallest absolute Gasteiger partial charge is 0.428 e. The predicted octanol–water partition coefficient (Wildman–Crippen LogP) is 4.72. The minimum Gasteiger partial charge on any atom is -0.451 e. The van der Waals surface area contributed by atoms with Crippen LogP contribution in [0.1, 0.15) is 60.7 Å². The summed E-state index contributed by atoms with van der Waals surface area (Å²) in [5.74, 6) is 0.524. The molecule has 3 aromatic rings. The first-order valence-corrected chi connectivity index (χ1v) is 11.7. The summed E-state index contributed by atoms with van der Waals surface area (Å²) >= 11 is 0. The van der Waals surface area contributed by atoms with Gasteiger partial charge in [0.25, 0.3) is 5.91 Å². The van der Waals surface area contributed by atoms with Crippen LogP contribution in [0.3, 0.4) is 0 Å². The van der Waals surface area contributed by atoms with Crippen molar-refractivity contribution in [3.63, 3.8) is 0 Å². The maximum atomic E-state index is 12.7. The zero-order chi connectivity index (χ0) is 23.7. The van der Waals surface area contributed by atoms with Crippen molar-refractivity contribution in [2.75, 3.05) is 0 Å². The number of para-hydroxylation sites is 1. The number of furan rings is 1. The summed E-state index contributed by atoms with van der Waals surface area (Å²) in [4.78, 5) is 29.0. The fourth-order valence-electron chi connectivity index (χ4n) is 5.14. The summed E-state index contributed by atoms with van der Waals surface area (Å²) in [5.41, 5.74) is 5.10. The number of nitrogens with zero attached hydrogens (tertiary/aromatic N) is 2. The monoisotopic (exact) mass is 460 g/mol. The van der Waals surface area contributed by atoms with Crippen LogP contribution in [0.15, 0.2) is 58.3 Å². The number of carbonyl (C=O) groups is 2. The van der Waals surface area contributed by atoms with Gasteiger partial charge in [-0.05, 0) is 75.6 Å². The van der Waals surface area contributed by atoms with Gasteiger partial charge >= 0.3 is 6.09 Å². The minimum atomic E-state index is -0.743. The number of benzene rings is 1. The molecule has 8 heteroatoms. The fourth-order valence-corrected chi connectivity index (χ4v) is 5.14. The Hall–Kier alpha value is -3.68. The molecule has 176 valence electrons. The zero-order valence-corrected chi connectivity index (χ0v) is 19.3. The Kier molecular flexibility index (Phi) is 5.81. The largest absolute Gasteiger partial charge is 0.451 e. The average molecular weight is 461 g/mol. The highest BCUT2D eigenvalue weighted by Crippen LogP contribution is 2.40. The lowest BCUT2D eigenvalue weighted by Gasteiger charge is -2.42. The average Bonchev–Trinajstić information content (AvgIpc) is 3.26. The number of hydrogen-bond acceptors (Lipinski definition) is 6. The van der Waals surface area contributed by atoms with Crippen LogP contribution < -0.4 is 10.7 Å². The fraction of sp³-hybridized carbons (Fsp3) is 0.385. The molecule has 1 aliphatic carbocycles. The van der Waals surface area contributed by atoms with Crippen LogP contribution in [0.5, 0.6) is 0 Å². The van der Waals surface area contributed by atoms with E-state index in [1.165, 1.54) is 0 Å². The number of amides is 2. The van der Waals surface area contributed by atoms with Gasteiger partial charge in [-0.25, -0.2) is 10.2 Å². The Balaban J connectivity index is 1.22. The molecule has 1 aliphatic heterocycles. The third-order valence-electron chi connectivity index (χ3n) is 6.90. The number of ether oxygens (including phenoxy) is 1. The lowest BCUT2D eigenvalue weighted by Crippen LogP contribution is -2.52. The number of hydrazone groups is 1. The molecule has 1 aromatic carbocycles. The van der Waals surface area contributed by atoms with E-state index in [0.29, 0.717) is 30.1 Å². The van der Waals surface area contributed by atoms with Crippen LogP contribution in [0, 0.1) is 12.8 Å². The van der Waals surface area contributed by atoms with Crippen LogP contribution in [-0.2, 0) is 4.74 Å². The molecule has 0 saturated heterocycles. The van der Waals surface area contributed by atoms with E-state index in [0.717, 1.165) is 41.5 Å². The van der Waals surface area contributed by atoms with Gasteiger partial charge in [-0.2, -0.15) is 5.10 Å². The first-order valence-electron chi connectivity index (χ1n) is 11.7. The van der Waals surface area contributed by atoms with E-state index in [-0.39, 0.29) is 11.9 Å². The quantitative estimate of drug-likeness (QED) is 0.573. The van der Waals surface area contributed by atoms with E-state index >= 15 is 0 Å². The van der Waals surface area contributed by atoms with E-state index in [2.05, 4.69) is 20.8 Å². The summed E-state index contributed by atoms with van der Waals surface area (Å²) in [6, 6.07) is 11.3. The van der Waals surface area contributed by atoms with Gasteiger partial charge in [0, 0.05) is 29.4 Å². The van der Waals surface area contributed by atoms with Crippen LogP contribution in [0.4, 0.5) is 4.79 Å². The summed E-state index contributed by atoms with van der Waals surface area (Å²) in [6.45, 7) is 4.02. The molecule has 3 heterocycles. The molecule has 1 saturated carbocycles. The van der Waals surface area contributed by atoms with Gasteiger partial charge in [-0.3, -0.25) is 9.78 Å². The van der Waals surface area contributed by atoms with Crippen molar-refractivity contribution in [2.24, 2.45) is 11.0 Å². The molecule has 34 heavy (non-hydrogen) atoms. The standard InChI is InChI=1S/C26H28N4O4/c1-16-9-12-27-15-20(16)23-26(34-25(32)30-29-23)10-7-18(8-11-26)13-17(2)28-24(31)22-14-19-5-3-4-6-21(19)33-22/h3-6,9,12,14-15,17-18H,7-8,10-11,13H2,1-2H3,(H,28,31)(H,30,32)/t17-,18?,26?/m0/s1. The number of aromatic nitrogens is 1. The van der Waals surface area contributed by atoms with Gasteiger partial charge in [0.15, 0.2) is 11.4 Å². The molecule has 2 N–H and O–H groups in total. The highest BCUT2D eigenvalue weighted by Gasteiger charge is 2.46. The van der Waals surface area contributed by atoms with Gasteiger partial charge in [0.1, 0.15) is 11.3 Å². The zero-order valence-electron chi connectivity index (χ0n) is 19.3. The third kappa shape index (κ3) is 4.27. The number of nitrogens with one attached hydrogen (secondary N) is 2. The Bertz CT molecular complexity index is 1220. The molecule has 0 radical (unpaired) electrons. The van der Waals surface area contributed by atoms with Crippen molar-refractivity contribution < 1.29 is 18.7 Å². The van der Waals surface area contributed by atoms with Crippen LogP contribution in [-0.4, -0.2) is 34.3 Å². The molecule has 0 unspecified atom stereocenters. The Morgan fingerprint density at radius 3 is 2.82 bits per heavy atom. The molecular formula is C26H28N4O4. The SMILES string of the molecule is Cc1ccncc1C1=NNC(=O)OC12CCC(C[C@H](C)NC(=O)c1cc3ccccc3o1)CC2. The van der Waals surface area contributed by atoms with Crippen molar-refractivity contribution in [1.82, 2.24) is 15.7 Å². The second-order valence-electron chi connectivity index (χ2n) is 9.35. The summed E-state index contributed by atoms with van der Waals surface area (Å²) < 4.78 is 11.5. The van der Waals surface area contributed by atoms with E-state index in [1.54, 1.807) is 18.5 Å². The van der Waals surface area contributed by atoms with Crippen molar-refractivity contribution in [3.05, 3.63) is 65.7 Å². The highest BCUT2D eigenvalue weighted by molar-refractivity contribution is 6.09. The van der Waals surface area contributed by atoms with Crippen molar-refractivity contribution in [1.29, 1.82) is 0 Å². The first kappa shape index (κ1) is 22.1. The number of hydrogen-bond donors (Lipinski definition) is 2. The molecule has 5 rings (SSSR count). The van der Waals surface area contributed by atoms with Crippen molar-refractivity contribution in [3.8, 4) is 0 Å². The van der Waals surface area contributed by atoms with Gasteiger partial charge in [-0.1, -0.05) is 18.2 Å². The van der Waals surface area contributed by atoms with Crippen molar-refractivity contribution >= 4 is 28.7 Å². The van der Waals surface area contributed by atoms with Crippen LogP contribution in [0.25, 0.3) is 11.0 Å². The van der Waals surface area contributed by atoms with E-state index in [4.69, 9.17) is 9.15 Å². The topological polar surface area (TPSA) is 106 Å². The summed E-state index contributed by atoms with van der Waals surface area (Å²) in [6.07, 6.45) is 6.95. The van der Waals surface area contributed by atoms with E-state index in [1.807, 2.05) is 44.2 Å². The van der Waals surface area contributed by atoms with Gasteiger partial charge in [-0.15, -0.1) is 0 Å². The molecule has 1 atom stereocenters. The number of pyridine rings is 1. The number of aryl methyl sites for hydroxylation is 1. The first-order chi connectivity index (χ1) is 16.4. The number of carbonyl (C=O) groups excluding carboxylic acids is 2. The van der Waals surface area contributed by atoms with Crippen molar-refractivity contribution in [2.45, 2.75) is 57.6 Å². The van der Waals surface area contributed by atoms with Gasteiger partial charge in [0.05, 0.1) is 0 Å². The molecule has 1 fully saturated rings. The maximum Gasteiger partial charge on any atom is 0.428 e. The van der Waals surface area contributed by atoms with Gasteiger partial charge in [0.2, 0.25) is 0 Å². The molecule has 2 aliphatic rings. The lowest BCUT2D eigenvalue weighted by molar-refractivity contribution is 0.0153. The van der Waals surface area contributed by atoms with Crippen LogP contribution >= 0.6 is 0 Å². The van der Waals surface area contributed by atoms with Gasteiger partial charge < -0.3 is 14.5 Å². The van der Waals surface area contributed by atoms with E-state index < -0.39 is 11.7 Å². The lowest BCUT2D eigenvalue weighted by atomic mass is 9.72. The molecule has 8 nitrogen and oxygen atoms in total. The Labute approximate surface area is 197 Å². The number of fused-ring (bicyclic) bond motifs is 1. The number of rotatable bonds is 5. The minimum absolute atomic E-state index is 0.0101. The highest BCUT2D eigenvalue weighted by atomic mass is 16.6. The second-order valence-corrected chi connectivity index (χ2v) is 9.35. The predicted molar refractivity (Wildman–Crippen MR) is 128 cm³/mol. The van der Waals surface area contributed by atoms with E-state index in [9.17, 15) is 9.59 Å². The maximum absolute atomic E-state index is 12.7. The third-order valence-corrected chi connectivity index (χ3v) is 6.90. The second kappa shape index (κ2) is 8.93. The summed E-state index contributed by atoms with van der Waals surface area (Å²) in [5, 5.41) is 8.36. The molecule has 1 spiro atoms. The molecular weight excluding hydrogens is 432 g/mol. The molecule has 2 aromatic heterocycles. The summed E-state index contributed by atoms with van der Waals surface area (Å²) in [7, 11) is 0. The molecule has 0 bridgehead atoms. The Morgan fingerprint density at radius 1 is 1.26 bits per heavy atom.